The SMILES string of the molecule is COC(=O)[C@]1(C)CCCN1C(=O)c1ccc(-c2ccc(OCC3CCN(CC4(C(F)(F)F)CCC4)CC3)nc2)cc1F. The molecule has 0 N–H and O–H groups in total. The quantitative estimate of drug-likeness (QED) is 0.282. The Balaban J connectivity index is 1.14. The van der Waals surface area contributed by atoms with Crippen LogP contribution in [-0.4, -0.2) is 78.3 Å². The van der Waals surface area contributed by atoms with E-state index in [-0.39, 0.29) is 30.9 Å². The molecule has 3 aliphatic rings. The third-order valence-electron chi connectivity index (χ3n) is 9.39. The summed E-state index contributed by atoms with van der Waals surface area (Å²) in [5.41, 5.74) is -1.59. The summed E-state index contributed by atoms with van der Waals surface area (Å²) in [5.74, 6) is -1.12. The van der Waals surface area contributed by atoms with Gasteiger partial charge in [0.1, 0.15) is 11.4 Å². The second-order valence-corrected chi connectivity index (χ2v) is 12.1. The van der Waals surface area contributed by atoms with E-state index < -0.39 is 34.8 Å². The Bertz CT molecular complexity index is 1290. The van der Waals surface area contributed by atoms with Crippen LogP contribution in [-0.2, 0) is 9.53 Å². The van der Waals surface area contributed by atoms with Gasteiger partial charge in [-0.05, 0) is 88.2 Å². The van der Waals surface area contributed by atoms with Crippen LogP contribution >= 0.6 is 0 Å². The summed E-state index contributed by atoms with van der Waals surface area (Å²) in [7, 11) is 1.27. The lowest BCUT2D eigenvalue weighted by Gasteiger charge is -2.47. The minimum Gasteiger partial charge on any atom is -0.477 e. The number of pyridine rings is 1. The van der Waals surface area contributed by atoms with Crippen LogP contribution in [0.1, 0.15) is 62.2 Å². The molecule has 5 rings (SSSR count). The zero-order valence-corrected chi connectivity index (χ0v) is 24.0. The van der Waals surface area contributed by atoms with Crippen molar-refractivity contribution in [3.63, 3.8) is 0 Å². The third-order valence-corrected chi connectivity index (χ3v) is 9.39. The van der Waals surface area contributed by atoms with Crippen molar-refractivity contribution in [2.45, 2.75) is 63.6 Å². The molecule has 42 heavy (non-hydrogen) atoms. The number of benzene rings is 1. The van der Waals surface area contributed by atoms with Crippen molar-refractivity contribution in [1.82, 2.24) is 14.8 Å². The van der Waals surface area contributed by atoms with E-state index >= 15 is 4.39 Å². The maximum absolute atomic E-state index is 15.1. The number of methoxy groups -OCH3 is 1. The van der Waals surface area contributed by atoms with Crippen LogP contribution in [0.25, 0.3) is 11.1 Å². The number of amides is 1. The van der Waals surface area contributed by atoms with Crippen molar-refractivity contribution >= 4 is 11.9 Å². The Morgan fingerprint density at radius 1 is 1.02 bits per heavy atom. The van der Waals surface area contributed by atoms with Crippen molar-refractivity contribution in [2.24, 2.45) is 11.3 Å². The van der Waals surface area contributed by atoms with E-state index in [0.29, 0.717) is 62.5 Å². The highest BCUT2D eigenvalue weighted by atomic mass is 19.4. The maximum atomic E-state index is 15.1. The fourth-order valence-electron chi connectivity index (χ4n) is 6.45. The molecule has 0 spiro atoms. The zero-order valence-electron chi connectivity index (χ0n) is 24.0. The largest absolute Gasteiger partial charge is 0.477 e. The lowest BCUT2D eigenvalue weighted by atomic mass is 9.67. The van der Waals surface area contributed by atoms with E-state index in [1.807, 2.05) is 4.90 Å². The van der Waals surface area contributed by atoms with Crippen LogP contribution in [0, 0.1) is 17.2 Å². The van der Waals surface area contributed by atoms with Gasteiger partial charge in [-0.15, -0.1) is 0 Å². The Labute approximate surface area is 243 Å². The van der Waals surface area contributed by atoms with E-state index in [0.717, 1.165) is 12.8 Å². The molecule has 2 aliphatic heterocycles. The fraction of sp³-hybridized carbons (Fsp3) is 0.581. The molecule has 1 aliphatic carbocycles. The molecule has 11 heteroatoms. The molecular weight excluding hydrogens is 554 g/mol. The van der Waals surface area contributed by atoms with E-state index in [1.165, 1.54) is 24.1 Å². The average Bonchev–Trinajstić information content (AvgIpc) is 3.35. The molecule has 2 aromatic rings. The summed E-state index contributed by atoms with van der Waals surface area (Å²) in [6.07, 6.45) is 1.14. The Morgan fingerprint density at radius 3 is 2.31 bits per heavy atom. The van der Waals surface area contributed by atoms with Crippen molar-refractivity contribution in [1.29, 1.82) is 0 Å². The van der Waals surface area contributed by atoms with Crippen LogP contribution in [0.15, 0.2) is 36.5 Å². The van der Waals surface area contributed by atoms with Gasteiger partial charge in [0.05, 0.1) is 24.7 Å². The first-order valence-electron chi connectivity index (χ1n) is 14.5. The number of nitrogens with zero attached hydrogens (tertiary/aromatic N) is 3. The molecule has 1 saturated carbocycles. The monoisotopic (exact) mass is 591 g/mol. The van der Waals surface area contributed by atoms with Gasteiger partial charge >= 0.3 is 12.1 Å². The first kappa shape index (κ1) is 30.3. The topological polar surface area (TPSA) is 72.0 Å². The maximum Gasteiger partial charge on any atom is 0.395 e. The standard InChI is InChI=1S/C31H37F4N3O4/c1-29(28(40)41-2)11-4-14-38(29)27(39)24-7-5-22(17-25(24)32)23-6-8-26(36-18-23)42-19-21-9-15-37(16-10-21)20-30(12-3-13-30)31(33,34)35/h5-8,17-18,21H,3-4,9-16,19-20H2,1-2H3/t29-/m0/s1. The molecule has 0 bridgehead atoms. The minimum absolute atomic E-state index is 0.0912. The molecule has 0 unspecified atom stereocenters. The molecule has 1 atom stereocenters. The van der Waals surface area contributed by atoms with Crippen molar-refractivity contribution in [3.05, 3.63) is 47.9 Å². The normalized spacial score (nSPS) is 23.0. The van der Waals surface area contributed by atoms with E-state index in [9.17, 15) is 22.8 Å². The lowest BCUT2D eigenvalue weighted by molar-refractivity contribution is -0.256. The van der Waals surface area contributed by atoms with Gasteiger partial charge in [0, 0.05) is 30.9 Å². The van der Waals surface area contributed by atoms with Gasteiger partial charge in [-0.1, -0.05) is 12.5 Å². The summed E-state index contributed by atoms with van der Waals surface area (Å²) in [6.45, 7) is 3.75. The molecule has 1 aromatic heterocycles. The van der Waals surface area contributed by atoms with Crippen LogP contribution in [0.5, 0.6) is 5.88 Å². The molecule has 3 fully saturated rings. The molecule has 7 nitrogen and oxygen atoms in total. The Kier molecular flexibility index (Phi) is 8.51. The second-order valence-electron chi connectivity index (χ2n) is 12.1. The lowest BCUT2D eigenvalue weighted by Crippen LogP contribution is -2.53. The van der Waals surface area contributed by atoms with Crippen molar-refractivity contribution < 1.29 is 36.6 Å². The second kappa shape index (κ2) is 11.8. The van der Waals surface area contributed by atoms with Gasteiger partial charge in [0.25, 0.3) is 5.91 Å². The first-order chi connectivity index (χ1) is 20.0. The van der Waals surface area contributed by atoms with Crippen LogP contribution in [0.3, 0.4) is 0 Å². The number of hydrogen-bond acceptors (Lipinski definition) is 6. The molecule has 228 valence electrons. The summed E-state index contributed by atoms with van der Waals surface area (Å²) < 4.78 is 66.4. The summed E-state index contributed by atoms with van der Waals surface area (Å²) in [5, 5.41) is 0. The zero-order chi connectivity index (χ0) is 30.1. The third kappa shape index (κ3) is 5.85. The smallest absolute Gasteiger partial charge is 0.395 e. The molecule has 2 saturated heterocycles. The van der Waals surface area contributed by atoms with Gasteiger partial charge in [0.15, 0.2) is 0 Å². The van der Waals surface area contributed by atoms with E-state index in [4.69, 9.17) is 9.47 Å². The van der Waals surface area contributed by atoms with E-state index in [1.54, 1.807) is 31.3 Å². The number of hydrogen-bond donors (Lipinski definition) is 0. The number of piperidine rings is 1. The Hall–Kier alpha value is -3.21. The van der Waals surface area contributed by atoms with Crippen LogP contribution in [0.4, 0.5) is 17.6 Å². The van der Waals surface area contributed by atoms with Gasteiger partial charge in [-0.25, -0.2) is 14.2 Å². The fourth-order valence-corrected chi connectivity index (χ4v) is 6.45. The average molecular weight is 592 g/mol. The highest BCUT2D eigenvalue weighted by Crippen LogP contribution is 2.53. The first-order valence-corrected chi connectivity index (χ1v) is 14.5. The number of halogens is 4. The highest BCUT2D eigenvalue weighted by Gasteiger charge is 2.58. The van der Waals surface area contributed by atoms with Crippen molar-refractivity contribution in [2.75, 3.05) is 39.9 Å². The number of alkyl halides is 3. The van der Waals surface area contributed by atoms with Gasteiger partial charge in [-0.2, -0.15) is 13.2 Å². The molecular formula is C31H37F4N3O4. The molecule has 1 amide bonds. The van der Waals surface area contributed by atoms with Crippen molar-refractivity contribution in [3.8, 4) is 17.0 Å². The summed E-state index contributed by atoms with van der Waals surface area (Å²) in [6, 6.07) is 7.78. The summed E-state index contributed by atoms with van der Waals surface area (Å²) in [4.78, 5) is 33.1. The van der Waals surface area contributed by atoms with E-state index in [2.05, 4.69) is 4.98 Å². The number of carbonyl (C=O) groups is 2. The number of carbonyl (C=O) groups excluding carboxylic acids is 2. The van der Waals surface area contributed by atoms with Gasteiger partial charge in [-0.3, -0.25) is 4.79 Å². The van der Waals surface area contributed by atoms with Crippen LogP contribution in [0.2, 0.25) is 0 Å². The predicted octanol–water partition coefficient (Wildman–Crippen LogP) is 5.88. The number of esters is 1. The Morgan fingerprint density at radius 2 is 1.74 bits per heavy atom. The van der Waals surface area contributed by atoms with Gasteiger partial charge < -0.3 is 19.3 Å². The number of ether oxygens (including phenoxy) is 2. The molecule has 0 radical (unpaired) electrons. The molecule has 1 aromatic carbocycles. The number of aromatic nitrogens is 1. The highest BCUT2D eigenvalue weighted by molar-refractivity contribution is 5.99. The minimum atomic E-state index is -4.14. The molecule has 3 heterocycles. The number of likely N-dealkylation sites (tertiary alicyclic amines) is 2. The number of rotatable bonds is 8. The predicted molar refractivity (Wildman–Crippen MR) is 147 cm³/mol. The summed E-state index contributed by atoms with van der Waals surface area (Å²) >= 11 is 0. The van der Waals surface area contributed by atoms with Crippen LogP contribution < -0.4 is 4.74 Å². The van der Waals surface area contributed by atoms with Gasteiger partial charge in [0.2, 0.25) is 5.88 Å².